The second kappa shape index (κ2) is 7.47. The Labute approximate surface area is 195 Å². The Balaban J connectivity index is 1.54. The van der Waals surface area contributed by atoms with Crippen molar-refractivity contribution < 1.29 is 0 Å². The summed E-state index contributed by atoms with van der Waals surface area (Å²) in [6.07, 6.45) is 7.10. The van der Waals surface area contributed by atoms with Gasteiger partial charge < -0.3 is 5.73 Å². The van der Waals surface area contributed by atoms with E-state index in [1.54, 1.807) is 10.9 Å². The van der Waals surface area contributed by atoms with E-state index in [-0.39, 0.29) is 17.6 Å². The molecule has 2 N–H and O–H groups in total. The van der Waals surface area contributed by atoms with Gasteiger partial charge in [-0.2, -0.15) is 10.2 Å². The van der Waals surface area contributed by atoms with E-state index in [0.29, 0.717) is 45.8 Å². The predicted octanol–water partition coefficient (Wildman–Crippen LogP) is 3.25. The largest absolute Gasteiger partial charge is 0.383 e. The molecule has 1 aliphatic rings. The van der Waals surface area contributed by atoms with Crippen molar-refractivity contribution in [3.8, 4) is 11.3 Å². The molecule has 0 aliphatic heterocycles. The summed E-state index contributed by atoms with van der Waals surface area (Å²) in [5.41, 5.74) is 10.00. The van der Waals surface area contributed by atoms with Crippen LogP contribution >= 0.6 is 0 Å². The molecule has 10 heteroatoms. The molecule has 0 bridgehead atoms. The average molecular weight is 456 g/mol. The van der Waals surface area contributed by atoms with Gasteiger partial charge >= 0.3 is 0 Å². The molecule has 1 aliphatic carbocycles. The van der Waals surface area contributed by atoms with Crippen molar-refractivity contribution in [3.05, 3.63) is 58.7 Å². The third-order valence-electron chi connectivity index (χ3n) is 6.38. The lowest BCUT2D eigenvalue weighted by molar-refractivity contribution is 0.532. The second-order valence-electron chi connectivity index (χ2n) is 9.17. The highest BCUT2D eigenvalue weighted by Gasteiger charge is 2.29. The molecular formula is C24H25N9O. The molecule has 0 unspecified atom stereocenters. The van der Waals surface area contributed by atoms with E-state index in [1.807, 2.05) is 40.6 Å². The maximum atomic E-state index is 13.5. The van der Waals surface area contributed by atoms with Crippen LogP contribution in [0.25, 0.3) is 33.2 Å². The number of nitrogens with zero attached hydrogens (tertiary/aromatic N) is 8. The van der Waals surface area contributed by atoms with Crippen LogP contribution in [0.2, 0.25) is 0 Å². The van der Waals surface area contributed by atoms with Gasteiger partial charge in [0.2, 0.25) is 0 Å². The summed E-state index contributed by atoms with van der Waals surface area (Å²) in [4.78, 5) is 27.1. The Morgan fingerprint density at radius 1 is 1.18 bits per heavy atom. The fourth-order valence-corrected chi connectivity index (χ4v) is 4.49. The van der Waals surface area contributed by atoms with Crippen LogP contribution in [0.1, 0.15) is 50.2 Å². The molecular weight excluding hydrogens is 430 g/mol. The van der Waals surface area contributed by atoms with Gasteiger partial charge in [0.25, 0.3) is 5.56 Å². The quantitative estimate of drug-likeness (QED) is 0.431. The van der Waals surface area contributed by atoms with Gasteiger partial charge in [0.05, 0.1) is 22.5 Å². The summed E-state index contributed by atoms with van der Waals surface area (Å²) in [5, 5.41) is 10.7. The summed E-state index contributed by atoms with van der Waals surface area (Å²) in [6.45, 7) is 6.37. The molecule has 0 amide bonds. The SMILES string of the molecule is Cc1cccc2nc(Cn3nc(-c4cnn(C(C)C)c4)c4c(N)ncnc43)n(C3CC3)c(=O)c12. The number of fused-ring (bicyclic) bond motifs is 2. The zero-order chi connectivity index (χ0) is 23.6. The molecule has 6 rings (SSSR count). The van der Waals surface area contributed by atoms with Gasteiger partial charge in [-0.25, -0.2) is 19.6 Å². The Morgan fingerprint density at radius 3 is 2.74 bits per heavy atom. The molecule has 4 aromatic heterocycles. The second-order valence-corrected chi connectivity index (χ2v) is 9.17. The number of rotatable bonds is 5. The summed E-state index contributed by atoms with van der Waals surface area (Å²) in [5.74, 6) is 1.02. The monoisotopic (exact) mass is 455 g/mol. The number of hydrogen-bond donors (Lipinski definition) is 1. The first kappa shape index (κ1) is 20.5. The molecule has 0 atom stereocenters. The van der Waals surface area contributed by atoms with Gasteiger partial charge in [0.15, 0.2) is 5.65 Å². The summed E-state index contributed by atoms with van der Waals surface area (Å²) in [6, 6.07) is 6.15. The smallest absolute Gasteiger partial charge is 0.261 e. The summed E-state index contributed by atoms with van der Waals surface area (Å²) < 4.78 is 5.47. The number of nitrogen functional groups attached to an aromatic ring is 1. The van der Waals surface area contributed by atoms with Gasteiger partial charge in [-0.3, -0.25) is 14.0 Å². The molecule has 1 fully saturated rings. The fraction of sp³-hybridized carbons (Fsp3) is 0.333. The molecule has 5 aromatic rings. The Bertz CT molecular complexity index is 1620. The van der Waals surface area contributed by atoms with E-state index in [1.165, 1.54) is 6.33 Å². The lowest BCUT2D eigenvalue weighted by atomic mass is 10.1. The third-order valence-corrected chi connectivity index (χ3v) is 6.38. The molecule has 0 spiro atoms. The van der Waals surface area contributed by atoms with E-state index in [2.05, 4.69) is 28.9 Å². The molecule has 172 valence electrons. The highest BCUT2D eigenvalue weighted by molar-refractivity contribution is 5.98. The van der Waals surface area contributed by atoms with Crippen molar-refractivity contribution >= 4 is 27.8 Å². The van der Waals surface area contributed by atoms with Crippen molar-refractivity contribution in [1.29, 1.82) is 0 Å². The normalized spacial score (nSPS) is 14.0. The van der Waals surface area contributed by atoms with Crippen molar-refractivity contribution in [1.82, 2.24) is 39.1 Å². The molecule has 4 heterocycles. The first-order valence-corrected chi connectivity index (χ1v) is 11.4. The number of aryl methyl sites for hydroxylation is 1. The summed E-state index contributed by atoms with van der Waals surface area (Å²) >= 11 is 0. The van der Waals surface area contributed by atoms with Gasteiger partial charge in [-0.15, -0.1) is 0 Å². The number of aromatic nitrogens is 8. The van der Waals surface area contributed by atoms with Crippen LogP contribution in [0.5, 0.6) is 0 Å². The minimum Gasteiger partial charge on any atom is -0.383 e. The molecule has 1 saturated carbocycles. The number of nitrogens with two attached hydrogens (primary N) is 1. The molecule has 1 aromatic carbocycles. The minimum atomic E-state index is 0.00429. The van der Waals surface area contributed by atoms with E-state index in [9.17, 15) is 4.79 Å². The molecule has 10 nitrogen and oxygen atoms in total. The molecule has 0 saturated heterocycles. The van der Waals surface area contributed by atoms with Crippen LogP contribution in [-0.4, -0.2) is 39.1 Å². The number of benzene rings is 1. The zero-order valence-electron chi connectivity index (χ0n) is 19.3. The van der Waals surface area contributed by atoms with E-state index < -0.39 is 0 Å². The lowest BCUT2D eigenvalue weighted by Gasteiger charge is -2.14. The van der Waals surface area contributed by atoms with Gasteiger partial charge in [-0.05, 0) is 45.2 Å². The lowest BCUT2D eigenvalue weighted by Crippen LogP contribution is -2.26. The van der Waals surface area contributed by atoms with E-state index in [4.69, 9.17) is 15.8 Å². The predicted molar refractivity (Wildman–Crippen MR) is 129 cm³/mol. The van der Waals surface area contributed by atoms with Gasteiger partial charge in [0, 0.05) is 23.8 Å². The Hall–Kier alpha value is -4.08. The topological polar surface area (TPSA) is 122 Å². The maximum Gasteiger partial charge on any atom is 0.261 e. The number of hydrogen-bond acceptors (Lipinski definition) is 7. The van der Waals surface area contributed by atoms with Crippen molar-refractivity contribution in [3.63, 3.8) is 0 Å². The zero-order valence-corrected chi connectivity index (χ0v) is 19.3. The van der Waals surface area contributed by atoms with Crippen LogP contribution in [0, 0.1) is 6.92 Å². The first-order chi connectivity index (χ1) is 16.4. The van der Waals surface area contributed by atoms with Gasteiger partial charge in [-0.1, -0.05) is 12.1 Å². The van der Waals surface area contributed by atoms with Crippen molar-refractivity contribution in [2.24, 2.45) is 0 Å². The molecule has 0 radical (unpaired) electrons. The minimum absolute atomic E-state index is 0.00429. The maximum absolute atomic E-state index is 13.5. The highest BCUT2D eigenvalue weighted by atomic mass is 16.1. The van der Waals surface area contributed by atoms with Crippen molar-refractivity contribution in [2.75, 3.05) is 5.73 Å². The van der Waals surface area contributed by atoms with Crippen LogP contribution in [0.15, 0.2) is 41.7 Å². The molecule has 34 heavy (non-hydrogen) atoms. The first-order valence-electron chi connectivity index (χ1n) is 11.4. The number of anilines is 1. The van der Waals surface area contributed by atoms with Crippen molar-refractivity contribution in [2.45, 2.75) is 52.2 Å². The van der Waals surface area contributed by atoms with E-state index in [0.717, 1.165) is 24.0 Å². The summed E-state index contributed by atoms with van der Waals surface area (Å²) in [7, 11) is 0. The highest BCUT2D eigenvalue weighted by Crippen LogP contribution is 2.36. The van der Waals surface area contributed by atoms with Crippen LogP contribution in [0.3, 0.4) is 0 Å². The third kappa shape index (κ3) is 3.17. The van der Waals surface area contributed by atoms with Gasteiger partial charge in [0.1, 0.15) is 30.2 Å². The standard InChI is InChI=1S/C24H25N9O/c1-13(2)31-10-15(9-28-31)21-20-22(25)26-12-27-23(20)32(30-21)11-18-29-17-6-4-5-14(3)19(17)24(34)33(18)16-7-8-16/h4-6,9-10,12-13,16H,7-8,11H2,1-3H3,(H2,25,26,27). The van der Waals surface area contributed by atoms with Crippen LogP contribution < -0.4 is 11.3 Å². The fourth-order valence-electron chi connectivity index (χ4n) is 4.49. The van der Waals surface area contributed by atoms with Crippen LogP contribution in [-0.2, 0) is 6.54 Å². The van der Waals surface area contributed by atoms with Crippen LogP contribution in [0.4, 0.5) is 5.82 Å². The Morgan fingerprint density at radius 2 is 2.00 bits per heavy atom. The Kier molecular flexibility index (Phi) is 4.51. The average Bonchev–Trinajstić information content (AvgIpc) is 3.37. The van der Waals surface area contributed by atoms with E-state index >= 15 is 0 Å².